The van der Waals surface area contributed by atoms with Crippen molar-refractivity contribution in [2.45, 2.75) is 17.1 Å². The molecule has 19 heavy (non-hydrogen) atoms. The highest BCUT2D eigenvalue weighted by Gasteiger charge is 2.22. The number of phenols is 1. The molecule has 2 aromatic carbocycles. The van der Waals surface area contributed by atoms with Gasteiger partial charge in [0.25, 0.3) is 0 Å². The van der Waals surface area contributed by atoms with Crippen LogP contribution < -0.4 is 0 Å². The number of carbonyl (C=O) groups excluding carboxylic acids is 1. The third kappa shape index (κ3) is 3.09. The molecule has 2 aromatic rings. The van der Waals surface area contributed by atoms with Crippen LogP contribution in [0.5, 0.6) is 5.75 Å². The predicted octanol–water partition coefficient (Wildman–Crippen LogP) is 2.77. The smallest absolute Gasteiger partial charge is 0.178 e. The number of Topliss-reactive ketones (excluding diaryl/α,β-unsaturated/α-hetero) is 1. The summed E-state index contributed by atoms with van der Waals surface area (Å²) in [5.41, 5.74) is 0.558. The Hall–Kier alpha value is -1.94. The van der Waals surface area contributed by atoms with Crippen molar-refractivity contribution in [1.82, 2.24) is 0 Å². The van der Waals surface area contributed by atoms with Crippen LogP contribution in [0.25, 0.3) is 0 Å². The Labute approximate surface area is 114 Å². The SMILES string of the molecule is CC(C(=O)c1ccccc1)S(=O)c1ccc(O)cc1. The maximum absolute atomic E-state index is 12.3. The topological polar surface area (TPSA) is 54.4 Å². The number of rotatable bonds is 4. The number of aromatic hydroxyl groups is 1. The van der Waals surface area contributed by atoms with Crippen molar-refractivity contribution < 1.29 is 14.1 Å². The van der Waals surface area contributed by atoms with Crippen LogP contribution in [0.2, 0.25) is 0 Å². The second kappa shape index (κ2) is 5.80. The van der Waals surface area contributed by atoms with Crippen molar-refractivity contribution in [1.29, 1.82) is 0 Å². The van der Waals surface area contributed by atoms with E-state index < -0.39 is 16.0 Å². The second-order valence-electron chi connectivity index (χ2n) is 4.16. The van der Waals surface area contributed by atoms with Gasteiger partial charge in [-0.05, 0) is 31.2 Å². The van der Waals surface area contributed by atoms with E-state index in [0.29, 0.717) is 10.5 Å². The van der Waals surface area contributed by atoms with E-state index in [1.54, 1.807) is 43.3 Å². The van der Waals surface area contributed by atoms with Crippen LogP contribution in [-0.2, 0) is 10.8 Å². The van der Waals surface area contributed by atoms with Crippen LogP contribution in [0.4, 0.5) is 0 Å². The van der Waals surface area contributed by atoms with Gasteiger partial charge in [0.2, 0.25) is 0 Å². The van der Waals surface area contributed by atoms with Gasteiger partial charge in [-0.3, -0.25) is 9.00 Å². The molecule has 0 spiro atoms. The van der Waals surface area contributed by atoms with Gasteiger partial charge in [-0.15, -0.1) is 0 Å². The number of hydrogen-bond acceptors (Lipinski definition) is 3. The van der Waals surface area contributed by atoms with E-state index in [0.717, 1.165) is 0 Å². The van der Waals surface area contributed by atoms with Crippen LogP contribution in [0.1, 0.15) is 17.3 Å². The third-order valence-electron chi connectivity index (χ3n) is 2.82. The maximum Gasteiger partial charge on any atom is 0.178 e. The summed E-state index contributed by atoms with van der Waals surface area (Å²) in [4.78, 5) is 12.7. The van der Waals surface area contributed by atoms with Crippen molar-refractivity contribution in [2.75, 3.05) is 0 Å². The summed E-state index contributed by atoms with van der Waals surface area (Å²) >= 11 is 0. The quantitative estimate of drug-likeness (QED) is 0.872. The molecule has 98 valence electrons. The van der Waals surface area contributed by atoms with Gasteiger partial charge < -0.3 is 5.11 Å². The molecule has 0 aliphatic carbocycles. The van der Waals surface area contributed by atoms with E-state index >= 15 is 0 Å². The van der Waals surface area contributed by atoms with E-state index in [1.807, 2.05) is 6.07 Å². The minimum atomic E-state index is -1.43. The molecular formula is C15H14O3S. The van der Waals surface area contributed by atoms with Crippen molar-refractivity contribution in [2.24, 2.45) is 0 Å². The van der Waals surface area contributed by atoms with Gasteiger partial charge in [-0.1, -0.05) is 30.3 Å². The van der Waals surface area contributed by atoms with Crippen molar-refractivity contribution >= 4 is 16.6 Å². The molecular weight excluding hydrogens is 260 g/mol. The lowest BCUT2D eigenvalue weighted by Crippen LogP contribution is -2.22. The van der Waals surface area contributed by atoms with Crippen LogP contribution >= 0.6 is 0 Å². The molecule has 0 heterocycles. The lowest BCUT2D eigenvalue weighted by atomic mass is 10.1. The predicted molar refractivity (Wildman–Crippen MR) is 74.7 cm³/mol. The first kappa shape index (κ1) is 13.5. The minimum absolute atomic E-state index is 0.114. The summed E-state index contributed by atoms with van der Waals surface area (Å²) in [6.07, 6.45) is 0. The van der Waals surface area contributed by atoms with Gasteiger partial charge >= 0.3 is 0 Å². The van der Waals surface area contributed by atoms with E-state index in [1.165, 1.54) is 12.1 Å². The van der Waals surface area contributed by atoms with Gasteiger partial charge in [-0.2, -0.15) is 0 Å². The van der Waals surface area contributed by atoms with Gasteiger partial charge in [0, 0.05) is 10.5 Å². The average Bonchev–Trinajstić information content (AvgIpc) is 2.46. The third-order valence-corrected chi connectivity index (χ3v) is 4.41. The van der Waals surface area contributed by atoms with Crippen molar-refractivity contribution in [3.63, 3.8) is 0 Å². The molecule has 0 saturated heterocycles. The fourth-order valence-electron chi connectivity index (χ4n) is 1.72. The Kier molecular flexibility index (Phi) is 4.12. The number of carbonyl (C=O) groups is 1. The Morgan fingerprint density at radius 3 is 2.21 bits per heavy atom. The lowest BCUT2D eigenvalue weighted by molar-refractivity contribution is 0.0992. The first-order valence-electron chi connectivity index (χ1n) is 5.88. The van der Waals surface area contributed by atoms with Crippen LogP contribution in [-0.4, -0.2) is 20.3 Å². The first-order valence-corrected chi connectivity index (χ1v) is 7.10. The Morgan fingerprint density at radius 2 is 1.63 bits per heavy atom. The summed E-state index contributed by atoms with van der Waals surface area (Å²) < 4.78 is 12.3. The van der Waals surface area contributed by atoms with Crippen molar-refractivity contribution in [3.8, 4) is 5.75 Å². The van der Waals surface area contributed by atoms with E-state index in [-0.39, 0.29) is 11.5 Å². The van der Waals surface area contributed by atoms with E-state index in [9.17, 15) is 14.1 Å². The lowest BCUT2D eigenvalue weighted by Gasteiger charge is -2.10. The maximum atomic E-state index is 12.3. The van der Waals surface area contributed by atoms with E-state index in [4.69, 9.17) is 0 Å². The van der Waals surface area contributed by atoms with Crippen LogP contribution in [0, 0.1) is 0 Å². The zero-order valence-electron chi connectivity index (χ0n) is 10.4. The molecule has 0 bridgehead atoms. The number of hydrogen-bond donors (Lipinski definition) is 1. The largest absolute Gasteiger partial charge is 0.508 e. The Bertz CT molecular complexity index is 591. The van der Waals surface area contributed by atoms with Crippen molar-refractivity contribution in [3.05, 3.63) is 60.2 Å². The normalized spacial score (nSPS) is 13.7. The zero-order chi connectivity index (χ0) is 13.8. The molecule has 0 aromatic heterocycles. The Balaban J connectivity index is 2.20. The molecule has 0 radical (unpaired) electrons. The molecule has 2 atom stereocenters. The first-order chi connectivity index (χ1) is 9.09. The Morgan fingerprint density at radius 1 is 1.05 bits per heavy atom. The summed E-state index contributed by atoms with van der Waals surface area (Å²) in [6, 6.07) is 14.9. The average molecular weight is 274 g/mol. The molecule has 1 N–H and O–H groups in total. The number of ketones is 1. The molecule has 2 rings (SSSR count). The number of benzene rings is 2. The van der Waals surface area contributed by atoms with Gasteiger partial charge in [-0.25, -0.2) is 0 Å². The monoisotopic (exact) mass is 274 g/mol. The summed E-state index contributed by atoms with van der Waals surface area (Å²) in [7, 11) is -1.43. The highest BCUT2D eigenvalue weighted by Crippen LogP contribution is 2.18. The van der Waals surface area contributed by atoms with Gasteiger partial charge in [0.1, 0.15) is 5.75 Å². The van der Waals surface area contributed by atoms with Gasteiger partial charge in [0.15, 0.2) is 5.78 Å². The minimum Gasteiger partial charge on any atom is -0.508 e. The molecule has 0 saturated carbocycles. The number of phenolic OH excluding ortho intramolecular Hbond substituents is 1. The summed E-state index contributed by atoms with van der Waals surface area (Å²) in [5, 5.41) is 8.58. The fraction of sp³-hybridized carbons (Fsp3) is 0.133. The molecule has 4 heteroatoms. The molecule has 3 nitrogen and oxygen atoms in total. The summed E-state index contributed by atoms with van der Waals surface area (Å²) in [6.45, 7) is 1.65. The highest BCUT2D eigenvalue weighted by atomic mass is 32.2. The molecule has 0 amide bonds. The summed E-state index contributed by atoms with van der Waals surface area (Å²) in [5.74, 6) is -0.0326. The second-order valence-corrected chi connectivity index (χ2v) is 5.94. The highest BCUT2D eigenvalue weighted by molar-refractivity contribution is 7.86. The van der Waals surface area contributed by atoms with Crippen LogP contribution in [0.3, 0.4) is 0 Å². The van der Waals surface area contributed by atoms with E-state index in [2.05, 4.69) is 0 Å². The standard InChI is InChI=1S/C15H14O3S/c1-11(15(17)12-5-3-2-4-6-12)19(18)14-9-7-13(16)8-10-14/h2-11,16H,1H3. The fourth-order valence-corrected chi connectivity index (χ4v) is 2.86. The zero-order valence-corrected chi connectivity index (χ0v) is 11.3. The molecule has 2 unspecified atom stereocenters. The molecule has 0 fully saturated rings. The van der Waals surface area contributed by atoms with Crippen LogP contribution in [0.15, 0.2) is 59.5 Å². The molecule has 0 aliphatic rings. The molecule has 0 aliphatic heterocycles. The van der Waals surface area contributed by atoms with Gasteiger partial charge in [0.05, 0.1) is 16.0 Å².